The summed E-state index contributed by atoms with van der Waals surface area (Å²) in [6, 6.07) is 7.03. The number of carbonyl (C=O) groups is 1. The Labute approximate surface area is 143 Å². The standard InChI is InChI=1S/C17H18N4O4/c1-11-5-6-12(17(23)21(11)2)10-18-14(22)7-8-15-19-16(20-25-15)13-4-3-9-24-13/h3-6,9H,7-8,10H2,1-2H3,(H,18,22). The third-order valence-corrected chi connectivity index (χ3v) is 3.89. The Balaban J connectivity index is 1.52. The number of carbonyl (C=O) groups excluding carboxylic acids is 1. The van der Waals surface area contributed by atoms with Crippen LogP contribution in [0.2, 0.25) is 0 Å². The Morgan fingerprint density at radius 1 is 1.32 bits per heavy atom. The summed E-state index contributed by atoms with van der Waals surface area (Å²) in [6.07, 6.45) is 2.02. The van der Waals surface area contributed by atoms with Crippen LogP contribution in [-0.4, -0.2) is 20.6 Å². The lowest BCUT2D eigenvalue weighted by Gasteiger charge is -2.08. The maximum atomic E-state index is 12.1. The topological polar surface area (TPSA) is 103 Å². The molecular weight excluding hydrogens is 324 g/mol. The van der Waals surface area contributed by atoms with Gasteiger partial charge in [-0.3, -0.25) is 9.59 Å². The third kappa shape index (κ3) is 3.85. The molecule has 0 atom stereocenters. The summed E-state index contributed by atoms with van der Waals surface area (Å²) < 4.78 is 11.8. The van der Waals surface area contributed by atoms with Crippen molar-refractivity contribution >= 4 is 5.91 Å². The minimum Gasteiger partial charge on any atom is -0.461 e. The molecule has 1 amide bonds. The number of nitrogens with zero attached hydrogens (tertiary/aromatic N) is 3. The van der Waals surface area contributed by atoms with Gasteiger partial charge in [-0.2, -0.15) is 4.98 Å². The monoisotopic (exact) mass is 342 g/mol. The molecule has 0 aliphatic rings. The molecule has 0 aliphatic heterocycles. The molecular formula is C17H18N4O4. The van der Waals surface area contributed by atoms with E-state index in [1.807, 2.05) is 13.0 Å². The molecule has 0 saturated heterocycles. The average Bonchev–Trinajstić information content (AvgIpc) is 3.28. The number of aryl methyl sites for hydroxylation is 2. The first-order valence-corrected chi connectivity index (χ1v) is 7.83. The first-order chi connectivity index (χ1) is 12.0. The molecule has 3 aromatic rings. The van der Waals surface area contributed by atoms with Crippen LogP contribution in [0.25, 0.3) is 11.6 Å². The van der Waals surface area contributed by atoms with Crippen molar-refractivity contribution in [1.29, 1.82) is 0 Å². The van der Waals surface area contributed by atoms with Crippen LogP contribution >= 0.6 is 0 Å². The van der Waals surface area contributed by atoms with E-state index >= 15 is 0 Å². The zero-order valence-corrected chi connectivity index (χ0v) is 14.0. The highest BCUT2D eigenvalue weighted by Crippen LogP contribution is 2.16. The number of nitrogens with one attached hydrogen (secondary N) is 1. The molecule has 0 radical (unpaired) electrons. The number of rotatable bonds is 6. The maximum absolute atomic E-state index is 12.1. The predicted octanol–water partition coefficient (Wildman–Crippen LogP) is 1.59. The number of hydrogen-bond acceptors (Lipinski definition) is 6. The van der Waals surface area contributed by atoms with Gasteiger partial charge in [0.15, 0.2) is 5.76 Å². The van der Waals surface area contributed by atoms with Gasteiger partial charge in [-0.05, 0) is 25.1 Å². The molecule has 3 rings (SSSR count). The van der Waals surface area contributed by atoms with E-state index in [1.54, 1.807) is 29.8 Å². The minimum atomic E-state index is -0.194. The average molecular weight is 342 g/mol. The third-order valence-electron chi connectivity index (χ3n) is 3.89. The highest BCUT2D eigenvalue weighted by molar-refractivity contribution is 5.76. The molecule has 25 heavy (non-hydrogen) atoms. The second-order valence-electron chi connectivity index (χ2n) is 5.63. The zero-order valence-electron chi connectivity index (χ0n) is 14.0. The molecule has 8 heteroatoms. The number of amides is 1. The number of aromatic nitrogens is 3. The molecule has 0 spiro atoms. The van der Waals surface area contributed by atoms with Crippen molar-refractivity contribution in [3.63, 3.8) is 0 Å². The van der Waals surface area contributed by atoms with E-state index in [4.69, 9.17) is 8.94 Å². The van der Waals surface area contributed by atoms with Crippen molar-refractivity contribution in [2.24, 2.45) is 7.05 Å². The Hall–Kier alpha value is -3.16. The summed E-state index contributed by atoms with van der Waals surface area (Å²) in [7, 11) is 1.70. The lowest BCUT2D eigenvalue weighted by Crippen LogP contribution is -2.29. The summed E-state index contributed by atoms with van der Waals surface area (Å²) in [4.78, 5) is 28.2. The maximum Gasteiger partial charge on any atom is 0.255 e. The largest absolute Gasteiger partial charge is 0.461 e. The fraction of sp³-hybridized carbons (Fsp3) is 0.294. The minimum absolute atomic E-state index is 0.111. The second-order valence-corrected chi connectivity index (χ2v) is 5.63. The molecule has 3 heterocycles. The molecule has 8 nitrogen and oxygen atoms in total. The second kappa shape index (κ2) is 7.16. The first-order valence-electron chi connectivity index (χ1n) is 7.83. The van der Waals surface area contributed by atoms with Gasteiger partial charge in [0.1, 0.15) is 0 Å². The first kappa shape index (κ1) is 16.7. The molecule has 0 unspecified atom stereocenters. The Kier molecular flexibility index (Phi) is 4.78. The summed E-state index contributed by atoms with van der Waals surface area (Å²) in [5.41, 5.74) is 1.29. The van der Waals surface area contributed by atoms with Gasteiger partial charge in [0.05, 0.1) is 6.26 Å². The van der Waals surface area contributed by atoms with Gasteiger partial charge in [0.25, 0.3) is 5.56 Å². The van der Waals surface area contributed by atoms with E-state index < -0.39 is 0 Å². The van der Waals surface area contributed by atoms with Crippen molar-refractivity contribution in [2.75, 3.05) is 0 Å². The number of hydrogen-bond donors (Lipinski definition) is 1. The Morgan fingerprint density at radius 2 is 2.16 bits per heavy atom. The lowest BCUT2D eigenvalue weighted by molar-refractivity contribution is -0.121. The normalized spacial score (nSPS) is 10.8. The quantitative estimate of drug-likeness (QED) is 0.729. The highest BCUT2D eigenvalue weighted by atomic mass is 16.5. The fourth-order valence-corrected chi connectivity index (χ4v) is 2.28. The number of furan rings is 1. The van der Waals surface area contributed by atoms with Gasteiger partial charge >= 0.3 is 0 Å². The van der Waals surface area contributed by atoms with Crippen LogP contribution in [-0.2, 0) is 24.8 Å². The van der Waals surface area contributed by atoms with Crippen LogP contribution in [0, 0.1) is 6.92 Å². The van der Waals surface area contributed by atoms with Crippen LogP contribution in [0.4, 0.5) is 0 Å². The van der Waals surface area contributed by atoms with Crippen LogP contribution in [0.3, 0.4) is 0 Å². The van der Waals surface area contributed by atoms with Crippen LogP contribution in [0.15, 0.2) is 44.3 Å². The molecule has 130 valence electrons. The Bertz CT molecular complexity index is 925. The van der Waals surface area contributed by atoms with E-state index in [2.05, 4.69) is 15.5 Å². The summed E-state index contributed by atoms with van der Waals surface area (Å²) in [5.74, 6) is 1.02. The molecule has 0 saturated carbocycles. The van der Waals surface area contributed by atoms with Gasteiger partial charge in [0, 0.05) is 37.7 Å². The van der Waals surface area contributed by atoms with Gasteiger partial charge in [-0.15, -0.1) is 0 Å². The van der Waals surface area contributed by atoms with Crippen molar-refractivity contribution in [3.05, 3.63) is 58.0 Å². The summed E-state index contributed by atoms with van der Waals surface area (Å²) >= 11 is 0. The van der Waals surface area contributed by atoms with Crippen LogP contribution in [0.1, 0.15) is 23.6 Å². The Morgan fingerprint density at radius 3 is 2.92 bits per heavy atom. The van der Waals surface area contributed by atoms with Crippen molar-refractivity contribution in [3.8, 4) is 11.6 Å². The molecule has 3 aromatic heterocycles. The predicted molar refractivity (Wildman–Crippen MR) is 88.6 cm³/mol. The smallest absolute Gasteiger partial charge is 0.255 e. The van der Waals surface area contributed by atoms with Crippen LogP contribution < -0.4 is 10.9 Å². The lowest BCUT2D eigenvalue weighted by atomic mass is 10.2. The summed E-state index contributed by atoms with van der Waals surface area (Å²) in [6.45, 7) is 2.04. The number of pyridine rings is 1. The fourth-order valence-electron chi connectivity index (χ4n) is 2.28. The van der Waals surface area contributed by atoms with Crippen LogP contribution in [0.5, 0.6) is 0 Å². The van der Waals surface area contributed by atoms with Gasteiger partial charge in [-0.25, -0.2) is 0 Å². The molecule has 1 N–H and O–H groups in total. The molecule has 0 bridgehead atoms. The van der Waals surface area contributed by atoms with E-state index in [0.717, 1.165) is 5.69 Å². The molecule has 0 aromatic carbocycles. The van der Waals surface area contributed by atoms with E-state index in [1.165, 1.54) is 6.26 Å². The van der Waals surface area contributed by atoms with Gasteiger partial charge in [0.2, 0.25) is 17.6 Å². The SMILES string of the molecule is Cc1ccc(CNC(=O)CCc2nc(-c3ccco3)no2)c(=O)n1C. The van der Waals surface area contributed by atoms with Gasteiger partial charge in [-0.1, -0.05) is 11.2 Å². The highest BCUT2D eigenvalue weighted by Gasteiger charge is 2.12. The van der Waals surface area contributed by atoms with E-state index in [0.29, 0.717) is 29.5 Å². The summed E-state index contributed by atoms with van der Waals surface area (Å²) in [5, 5.41) is 6.53. The van der Waals surface area contributed by atoms with E-state index in [-0.39, 0.29) is 24.4 Å². The van der Waals surface area contributed by atoms with E-state index in [9.17, 15) is 9.59 Å². The molecule has 0 aliphatic carbocycles. The molecule has 0 fully saturated rings. The van der Waals surface area contributed by atoms with Crippen molar-refractivity contribution in [1.82, 2.24) is 20.0 Å². The van der Waals surface area contributed by atoms with Crippen molar-refractivity contribution < 1.29 is 13.7 Å². The zero-order chi connectivity index (χ0) is 17.8. The van der Waals surface area contributed by atoms with Crippen molar-refractivity contribution in [2.45, 2.75) is 26.3 Å². The van der Waals surface area contributed by atoms with Gasteiger partial charge < -0.3 is 18.8 Å².